The molecule has 0 radical (unpaired) electrons. The first-order chi connectivity index (χ1) is 14.6. The number of pyridine rings is 1. The van der Waals surface area contributed by atoms with E-state index in [-0.39, 0.29) is 11.5 Å². The van der Waals surface area contributed by atoms with Crippen LogP contribution in [0.1, 0.15) is 17.3 Å². The number of ether oxygens (including phenoxy) is 1. The number of halogens is 1. The van der Waals surface area contributed by atoms with Gasteiger partial charge in [0, 0.05) is 16.1 Å². The van der Waals surface area contributed by atoms with E-state index < -0.39 is 0 Å². The van der Waals surface area contributed by atoms with E-state index in [1.54, 1.807) is 30.5 Å². The normalized spacial score (nSPS) is 11.5. The molecule has 7 heteroatoms. The van der Waals surface area contributed by atoms with E-state index in [0.717, 1.165) is 15.6 Å². The number of nitrogens with one attached hydrogen (secondary N) is 1. The molecule has 150 valence electrons. The molecule has 0 fully saturated rings. The molecule has 0 unspecified atom stereocenters. The lowest BCUT2D eigenvalue weighted by Crippen LogP contribution is -2.22. The standard InChI is InChI=1S/C23H18BrN3O3/c1-2-29-18-9-7-17(8-10-18)26-23-19(22(28)27-21-5-3-4-12-25-21)14-15-13-16(24)6-11-20(15)30-23/h3-14H,2H2,1H3,(H,25,27,28). The van der Waals surface area contributed by atoms with E-state index in [1.165, 1.54) is 0 Å². The van der Waals surface area contributed by atoms with Crippen LogP contribution < -0.4 is 15.6 Å². The number of aromatic nitrogens is 1. The number of rotatable bonds is 5. The largest absolute Gasteiger partial charge is 0.494 e. The lowest BCUT2D eigenvalue weighted by molar-refractivity contribution is 0.102. The molecule has 6 nitrogen and oxygen atoms in total. The molecule has 0 spiro atoms. The SMILES string of the molecule is CCOc1ccc(N=c2oc3ccc(Br)cc3cc2C(=O)Nc2ccccn2)cc1. The fourth-order valence-electron chi connectivity index (χ4n) is 2.87. The third kappa shape index (κ3) is 4.58. The molecule has 2 aromatic carbocycles. The van der Waals surface area contributed by atoms with Crippen molar-refractivity contribution in [3.05, 3.63) is 88.5 Å². The number of hydrogen-bond acceptors (Lipinski definition) is 5. The molecule has 2 aromatic heterocycles. The van der Waals surface area contributed by atoms with Crippen molar-refractivity contribution < 1.29 is 13.9 Å². The summed E-state index contributed by atoms with van der Waals surface area (Å²) < 4.78 is 12.3. The molecule has 0 saturated carbocycles. The van der Waals surface area contributed by atoms with Gasteiger partial charge in [0.1, 0.15) is 22.7 Å². The maximum atomic E-state index is 13.0. The predicted octanol–water partition coefficient (Wildman–Crippen LogP) is 5.47. The van der Waals surface area contributed by atoms with Crippen LogP contribution in [0.4, 0.5) is 11.5 Å². The van der Waals surface area contributed by atoms with Crippen LogP contribution in [-0.4, -0.2) is 17.5 Å². The van der Waals surface area contributed by atoms with Crippen molar-refractivity contribution in [1.82, 2.24) is 4.98 Å². The van der Waals surface area contributed by atoms with Gasteiger partial charge in [0.05, 0.1) is 12.3 Å². The average molecular weight is 464 g/mol. The summed E-state index contributed by atoms with van der Waals surface area (Å²) in [6, 6.07) is 19.9. The van der Waals surface area contributed by atoms with Gasteiger partial charge >= 0.3 is 0 Å². The maximum absolute atomic E-state index is 13.0. The van der Waals surface area contributed by atoms with Gasteiger partial charge in [0.15, 0.2) is 0 Å². The Labute approximate surface area is 181 Å². The van der Waals surface area contributed by atoms with Crippen LogP contribution in [0.2, 0.25) is 0 Å². The minimum Gasteiger partial charge on any atom is -0.494 e. The van der Waals surface area contributed by atoms with Crippen molar-refractivity contribution >= 4 is 44.3 Å². The fraction of sp³-hybridized carbons (Fsp3) is 0.0870. The van der Waals surface area contributed by atoms with Crippen molar-refractivity contribution in [2.75, 3.05) is 11.9 Å². The zero-order chi connectivity index (χ0) is 20.9. The van der Waals surface area contributed by atoms with Crippen LogP contribution in [0, 0.1) is 0 Å². The summed E-state index contributed by atoms with van der Waals surface area (Å²) in [6.45, 7) is 2.51. The van der Waals surface area contributed by atoms with Gasteiger partial charge in [0.25, 0.3) is 5.91 Å². The van der Waals surface area contributed by atoms with E-state index in [9.17, 15) is 4.79 Å². The lowest BCUT2D eigenvalue weighted by Gasteiger charge is -2.07. The molecule has 4 aromatic rings. The second-order valence-corrected chi connectivity index (χ2v) is 7.27. The smallest absolute Gasteiger partial charge is 0.262 e. The monoisotopic (exact) mass is 463 g/mol. The minimum atomic E-state index is -0.357. The molecule has 0 atom stereocenters. The third-order valence-electron chi connectivity index (χ3n) is 4.24. The van der Waals surface area contributed by atoms with Gasteiger partial charge in [-0.05, 0) is 67.6 Å². The molecule has 0 aliphatic rings. The minimum absolute atomic E-state index is 0.211. The van der Waals surface area contributed by atoms with Gasteiger partial charge in [-0.25, -0.2) is 9.98 Å². The zero-order valence-electron chi connectivity index (χ0n) is 16.1. The average Bonchev–Trinajstić information content (AvgIpc) is 2.75. The van der Waals surface area contributed by atoms with Gasteiger partial charge in [-0.2, -0.15) is 0 Å². The fourth-order valence-corrected chi connectivity index (χ4v) is 3.25. The Morgan fingerprint density at radius 3 is 2.70 bits per heavy atom. The number of carbonyl (C=O) groups excluding carboxylic acids is 1. The van der Waals surface area contributed by atoms with Crippen molar-refractivity contribution in [1.29, 1.82) is 0 Å². The Hall–Kier alpha value is -3.45. The quantitative estimate of drug-likeness (QED) is 0.425. The van der Waals surface area contributed by atoms with Gasteiger partial charge in [-0.15, -0.1) is 0 Å². The molecule has 1 amide bonds. The maximum Gasteiger partial charge on any atom is 0.262 e. The van der Waals surface area contributed by atoms with E-state index in [4.69, 9.17) is 9.15 Å². The van der Waals surface area contributed by atoms with Crippen molar-refractivity contribution in [3.63, 3.8) is 0 Å². The number of nitrogens with zero attached hydrogens (tertiary/aromatic N) is 2. The van der Waals surface area contributed by atoms with Crippen molar-refractivity contribution in [2.24, 2.45) is 4.99 Å². The van der Waals surface area contributed by atoms with Crippen LogP contribution in [0.25, 0.3) is 11.0 Å². The Morgan fingerprint density at radius 1 is 1.13 bits per heavy atom. The third-order valence-corrected chi connectivity index (χ3v) is 4.73. The number of hydrogen-bond donors (Lipinski definition) is 1. The molecule has 0 saturated heterocycles. The number of amides is 1. The van der Waals surface area contributed by atoms with E-state index in [1.807, 2.05) is 49.4 Å². The van der Waals surface area contributed by atoms with Crippen LogP contribution >= 0.6 is 15.9 Å². The van der Waals surface area contributed by atoms with Crippen LogP contribution in [0.5, 0.6) is 5.75 Å². The Bertz CT molecular complexity index is 1250. The highest BCUT2D eigenvalue weighted by Crippen LogP contribution is 2.21. The Morgan fingerprint density at radius 2 is 1.97 bits per heavy atom. The second-order valence-electron chi connectivity index (χ2n) is 6.36. The van der Waals surface area contributed by atoms with Crippen LogP contribution in [0.15, 0.2) is 86.8 Å². The summed E-state index contributed by atoms with van der Waals surface area (Å²) >= 11 is 3.45. The predicted molar refractivity (Wildman–Crippen MR) is 119 cm³/mol. The Kier molecular flexibility index (Phi) is 5.90. The lowest BCUT2D eigenvalue weighted by atomic mass is 10.1. The summed E-state index contributed by atoms with van der Waals surface area (Å²) in [6.07, 6.45) is 1.61. The Balaban J connectivity index is 1.80. The van der Waals surface area contributed by atoms with Gasteiger partial charge in [-0.3, -0.25) is 4.79 Å². The highest BCUT2D eigenvalue weighted by Gasteiger charge is 2.14. The van der Waals surface area contributed by atoms with Gasteiger partial charge in [0.2, 0.25) is 5.55 Å². The molecular formula is C23H18BrN3O3. The summed E-state index contributed by atoms with van der Waals surface area (Å²) in [4.78, 5) is 21.7. The molecule has 4 rings (SSSR count). The van der Waals surface area contributed by atoms with E-state index in [2.05, 4.69) is 31.2 Å². The highest BCUT2D eigenvalue weighted by atomic mass is 79.9. The van der Waals surface area contributed by atoms with E-state index in [0.29, 0.717) is 29.3 Å². The molecule has 0 bridgehead atoms. The van der Waals surface area contributed by atoms with Crippen LogP contribution in [-0.2, 0) is 0 Å². The van der Waals surface area contributed by atoms with E-state index >= 15 is 0 Å². The zero-order valence-corrected chi connectivity index (χ0v) is 17.7. The number of fused-ring (bicyclic) bond motifs is 1. The molecule has 0 aliphatic carbocycles. The molecule has 1 N–H and O–H groups in total. The van der Waals surface area contributed by atoms with Gasteiger partial charge < -0.3 is 14.5 Å². The summed E-state index contributed by atoms with van der Waals surface area (Å²) in [5.41, 5.74) is 1.78. The van der Waals surface area contributed by atoms with Crippen molar-refractivity contribution in [2.45, 2.75) is 6.92 Å². The van der Waals surface area contributed by atoms with Crippen LogP contribution in [0.3, 0.4) is 0 Å². The first-order valence-electron chi connectivity index (χ1n) is 9.36. The number of anilines is 1. The first-order valence-corrected chi connectivity index (χ1v) is 10.1. The summed E-state index contributed by atoms with van der Waals surface area (Å²) in [5, 5.41) is 3.57. The summed E-state index contributed by atoms with van der Waals surface area (Å²) in [7, 11) is 0. The highest BCUT2D eigenvalue weighted by molar-refractivity contribution is 9.10. The molecule has 30 heavy (non-hydrogen) atoms. The molecular weight excluding hydrogens is 446 g/mol. The summed E-state index contributed by atoms with van der Waals surface area (Å²) in [5.74, 6) is 0.845. The van der Waals surface area contributed by atoms with Gasteiger partial charge in [-0.1, -0.05) is 22.0 Å². The van der Waals surface area contributed by atoms with Crippen molar-refractivity contribution in [3.8, 4) is 5.75 Å². The number of benzene rings is 2. The second kappa shape index (κ2) is 8.92. The first kappa shape index (κ1) is 19.8. The number of carbonyl (C=O) groups is 1. The topological polar surface area (TPSA) is 76.7 Å². The molecule has 0 aliphatic heterocycles. The molecule has 2 heterocycles.